The Hall–Kier alpha value is -1.11. The van der Waals surface area contributed by atoms with E-state index in [4.69, 9.17) is 11.6 Å². The molecule has 2 aromatic rings. The summed E-state index contributed by atoms with van der Waals surface area (Å²) in [5.74, 6) is 0. The van der Waals surface area contributed by atoms with Crippen molar-refractivity contribution >= 4 is 38.6 Å². The van der Waals surface area contributed by atoms with Crippen LogP contribution in [0.1, 0.15) is 12.5 Å². The number of aromatic nitrogens is 1. The van der Waals surface area contributed by atoms with E-state index in [-0.39, 0.29) is 8.68 Å². The summed E-state index contributed by atoms with van der Waals surface area (Å²) < 4.78 is 26.7. The topological polar surface area (TPSA) is 50.3 Å². The molecule has 0 aliphatic heterocycles. The number of anilines is 1. The summed E-state index contributed by atoms with van der Waals surface area (Å²) in [6.45, 7) is 4.10. The molecule has 19 heavy (non-hydrogen) atoms. The van der Waals surface area contributed by atoms with Crippen molar-refractivity contribution in [2.45, 2.75) is 18.1 Å². The van der Waals surface area contributed by atoms with Gasteiger partial charge in [-0.25, -0.2) is 13.4 Å². The molecule has 4 nitrogen and oxygen atoms in total. The number of rotatable bonds is 4. The van der Waals surface area contributed by atoms with Gasteiger partial charge in [0.2, 0.25) is 0 Å². The Morgan fingerprint density at radius 3 is 2.42 bits per heavy atom. The second-order valence-corrected chi connectivity index (χ2v) is 7.64. The number of hydrogen-bond donors (Lipinski definition) is 0. The standard InChI is InChI=1S/C12H13ClN2O2S2/c1-3-15(10-6-4-9(2)5-7-10)19(16,17)11-8-14-12(13)18-11/h4-8H,3H2,1-2H3. The first-order chi connectivity index (χ1) is 8.95. The van der Waals surface area contributed by atoms with Crippen LogP contribution in [0.2, 0.25) is 4.47 Å². The summed E-state index contributed by atoms with van der Waals surface area (Å²) in [6, 6.07) is 7.35. The lowest BCUT2D eigenvalue weighted by atomic mass is 10.2. The average Bonchev–Trinajstić information content (AvgIpc) is 2.80. The fourth-order valence-corrected chi connectivity index (χ4v) is 4.55. The molecule has 102 valence electrons. The zero-order valence-electron chi connectivity index (χ0n) is 10.5. The van der Waals surface area contributed by atoms with Crippen LogP contribution in [-0.2, 0) is 10.0 Å². The number of thiazole rings is 1. The summed E-state index contributed by atoms with van der Waals surface area (Å²) in [7, 11) is -3.59. The van der Waals surface area contributed by atoms with Gasteiger partial charge < -0.3 is 0 Å². The van der Waals surface area contributed by atoms with Crippen LogP contribution >= 0.6 is 22.9 Å². The van der Waals surface area contributed by atoms with Gasteiger partial charge in [-0.3, -0.25) is 4.31 Å². The van der Waals surface area contributed by atoms with Gasteiger partial charge in [0.15, 0.2) is 8.68 Å². The molecule has 1 heterocycles. The molecule has 0 spiro atoms. The minimum absolute atomic E-state index is 0.153. The van der Waals surface area contributed by atoms with E-state index in [1.165, 1.54) is 10.5 Å². The van der Waals surface area contributed by atoms with Crippen LogP contribution in [0, 0.1) is 6.92 Å². The van der Waals surface area contributed by atoms with Gasteiger partial charge in [0, 0.05) is 6.54 Å². The third kappa shape index (κ3) is 2.91. The number of aryl methyl sites for hydroxylation is 1. The first-order valence-corrected chi connectivity index (χ1v) is 8.29. The fraction of sp³-hybridized carbons (Fsp3) is 0.250. The Morgan fingerprint density at radius 1 is 1.32 bits per heavy atom. The molecule has 2 rings (SSSR count). The normalized spacial score (nSPS) is 11.5. The SMILES string of the molecule is CCN(c1ccc(C)cc1)S(=O)(=O)c1cnc(Cl)s1. The molecule has 0 atom stereocenters. The molecule has 0 aliphatic rings. The fourth-order valence-electron chi connectivity index (χ4n) is 1.67. The monoisotopic (exact) mass is 316 g/mol. The molecular formula is C12H13ClN2O2S2. The highest BCUT2D eigenvalue weighted by atomic mass is 35.5. The summed E-state index contributed by atoms with van der Waals surface area (Å²) in [5.41, 5.74) is 1.72. The smallest absolute Gasteiger partial charge is 0.266 e. The van der Waals surface area contributed by atoms with E-state index in [1.807, 2.05) is 19.1 Å². The van der Waals surface area contributed by atoms with Gasteiger partial charge in [0.25, 0.3) is 10.0 Å². The predicted octanol–water partition coefficient (Wildman–Crippen LogP) is 3.32. The third-order valence-electron chi connectivity index (χ3n) is 2.61. The molecule has 0 aliphatic carbocycles. The lowest BCUT2D eigenvalue weighted by molar-refractivity contribution is 0.593. The molecule has 1 aromatic heterocycles. The van der Waals surface area contributed by atoms with Crippen LogP contribution in [0.15, 0.2) is 34.7 Å². The van der Waals surface area contributed by atoms with Crippen molar-refractivity contribution in [1.82, 2.24) is 4.98 Å². The van der Waals surface area contributed by atoms with E-state index in [1.54, 1.807) is 19.1 Å². The molecule has 7 heteroatoms. The zero-order valence-corrected chi connectivity index (χ0v) is 12.9. The minimum Gasteiger partial charge on any atom is -0.266 e. The Morgan fingerprint density at radius 2 is 1.95 bits per heavy atom. The van der Waals surface area contributed by atoms with E-state index in [9.17, 15) is 8.42 Å². The molecule has 0 amide bonds. The highest BCUT2D eigenvalue weighted by Gasteiger charge is 2.25. The molecule has 0 saturated heterocycles. The molecule has 0 N–H and O–H groups in total. The van der Waals surface area contributed by atoms with Crippen LogP contribution in [0.3, 0.4) is 0 Å². The molecule has 0 saturated carbocycles. The molecular weight excluding hydrogens is 304 g/mol. The van der Waals surface area contributed by atoms with Gasteiger partial charge in [-0.1, -0.05) is 40.6 Å². The first kappa shape index (κ1) is 14.3. The number of hydrogen-bond acceptors (Lipinski definition) is 4. The van der Waals surface area contributed by atoms with Crippen molar-refractivity contribution in [1.29, 1.82) is 0 Å². The second-order valence-electron chi connectivity index (χ2n) is 3.94. The number of benzene rings is 1. The minimum atomic E-state index is -3.59. The van der Waals surface area contributed by atoms with Crippen LogP contribution in [0.5, 0.6) is 0 Å². The summed E-state index contributed by atoms with van der Waals surface area (Å²) >= 11 is 6.67. The average molecular weight is 317 g/mol. The van der Waals surface area contributed by atoms with E-state index in [0.717, 1.165) is 16.9 Å². The Bertz CT molecular complexity index is 665. The van der Waals surface area contributed by atoms with Crippen molar-refractivity contribution in [2.75, 3.05) is 10.8 Å². The van der Waals surface area contributed by atoms with Gasteiger partial charge >= 0.3 is 0 Å². The van der Waals surface area contributed by atoms with E-state index < -0.39 is 10.0 Å². The van der Waals surface area contributed by atoms with Gasteiger partial charge in [-0.15, -0.1) is 0 Å². The van der Waals surface area contributed by atoms with Crippen molar-refractivity contribution < 1.29 is 8.42 Å². The number of nitrogens with zero attached hydrogens (tertiary/aromatic N) is 2. The van der Waals surface area contributed by atoms with Crippen LogP contribution in [-0.4, -0.2) is 19.9 Å². The zero-order chi connectivity index (χ0) is 14.0. The largest absolute Gasteiger partial charge is 0.275 e. The van der Waals surface area contributed by atoms with Crippen molar-refractivity contribution in [3.63, 3.8) is 0 Å². The van der Waals surface area contributed by atoms with Gasteiger partial charge in [-0.2, -0.15) is 0 Å². The Kier molecular flexibility index (Phi) is 4.13. The van der Waals surface area contributed by atoms with Crippen LogP contribution in [0.4, 0.5) is 5.69 Å². The van der Waals surface area contributed by atoms with Crippen molar-refractivity contribution in [3.8, 4) is 0 Å². The summed E-state index contributed by atoms with van der Waals surface area (Å²) in [4.78, 5) is 3.79. The highest BCUT2D eigenvalue weighted by molar-refractivity contribution is 7.94. The molecule has 0 unspecified atom stereocenters. The van der Waals surface area contributed by atoms with Crippen molar-refractivity contribution in [2.24, 2.45) is 0 Å². The second kappa shape index (κ2) is 5.48. The first-order valence-electron chi connectivity index (χ1n) is 5.66. The molecule has 0 radical (unpaired) electrons. The lowest BCUT2D eigenvalue weighted by Gasteiger charge is -2.21. The van der Waals surface area contributed by atoms with E-state index in [0.29, 0.717) is 12.2 Å². The highest BCUT2D eigenvalue weighted by Crippen LogP contribution is 2.28. The van der Waals surface area contributed by atoms with Gasteiger partial charge in [-0.05, 0) is 26.0 Å². The Balaban J connectivity index is 2.44. The molecule has 0 fully saturated rings. The van der Waals surface area contributed by atoms with Gasteiger partial charge in [0.05, 0.1) is 11.9 Å². The van der Waals surface area contributed by atoms with E-state index >= 15 is 0 Å². The van der Waals surface area contributed by atoms with Crippen LogP contribution < -0.4 is 4.31 Å². The lowest BCUT2D eigenvalue weighted by Crippen LogP contribution is -2.30. The number of sulfonamides is 1. The molecule has 0 bridgehead atoms. The van der Waals surface area contributed by atoms with E-state index in [2.05, 4.69) is 4.98 Å². The maximum Gasteiger partial charge on any atom is 0.275 e. The number of halogens is 1. The van der Waals surface area contributed by atoms with Gasteiger partial charge in [0.1, 0.15) is 0 Å². The maximum atomic E-state index is 12.5. The summed E-state index contributed by atoms with van der Waals surface area (Å²) in [5, 5.41) is 0. The predicted molar refractivity (Wildman–Crippen MR) is 78.5 cm³/mol. The van der Waals surface area contributed by atoms with Crippen LogP contribution in [0.25, 0.3) is 0 Å². The van der Waals surface area contributed by atoms with Crippen molar-refractivity contribution in [3.05, 3.63) is 40.5 Å². The Labute approximate surface area is 121 Å². The maximum absolute atomic E-state index is 12.5. The molecule has 1 aromatic carbocycles. The quantitative estimate of drug-likeness (QED) is 0.869. The summed E-state index contributed by atoms with van der Waals surface area (Å²) in [6.07, 6.45) is 1.29. The third-order valence-corrected chi connectivity index (χ3v) is 6.06.